The summed E-state index contributed by atoms with van der Waals surface area (Å²) in [6.07, 6.45) is 0. The monoisotopic (exact) mass is 220 g/mol. The van der Waals surface area contributed by atoms with Crippen LogP contribution in [0.4, 0.5) is 0 Å². The maximum absolute atomic E-state index is 12.0. The SMILES string of the molecule is Cc1cccc(C)c1C(=O)NCC(C)CN. The summed E-state index contributed by atoms with van der Waals surface area (Å²) in [6.45, 7) is 7.14. The quantitative estimate of drug-likeness (QED) is 0.810. The molecule has 1 rings (SSSR count). The first kappa shape index (κ1) is 12.7. The molecule has 3 heteroatoms. The number of carbonyl (C=O) groups is 1. The fraction of sp³-hybridized carbons (Fsp3) is 0.462. The lowest BCUT2D eigenvalue weighted by Gasteiger charge is -2.13. The number of rotatable bonds is 4. The molecule has 0 aliphatic rings. The molecule has 0 aliphatic heterocycles. The van der Waals surface area contributed by atoms with Crippen LogP contribution in [0.3, 0.4) is 0 Å². The zero-order valence-corrected chi connectivity index (χ0v) is 10.2. The largest absolute Gasteiger partial charge is 0.352 e. The molecule has 1 unspecified atom stereocenters. The van der Waals surface area contributed by atoms with Crippen molar-refractivity contribution in [3.63, 3.8) is 0 Å². The molecule has 3 nitrogen and oxygen atoms in total. The third-order valence-electron chi connectivity index (χ3n) is 2.72. The van der Waals surface area contributed by atoms with Crippen LogP contribution in [0.5, 0.6) is 0 Å². The van der Waals surface area contributed by atoms with Crippen LogP contribution >= 0.6 is 0 Å². The van der Waals surface area contributed by atoms with Gasteiger partial charge >= 0.3 is 0 Å². The van der Waals surface area contributed by atoms with Gasteiger partial charge in [-0.05, 0) is 37.4 Å². The minimum Gasteiger partial charge on any atom is -0.352 e. The molecule has 0 heterocycles. The molecule has 0 fully saturated rings. The van der Waals surface area contributed by atoms with Crippen molar-refractivity contribution < 1.29 is 4.79 Å². The van der Waals surface area contributed by atoms with Gasteiger partial charge in [-0.1, -0.05) is 25.1 Å². The van der Waals surface area contributed by atoms with E-state index in [0.717, 1.165) is 16.7 Å². The normalized spacial score (nSPS) is 12.2. The zero-order chi connectivity index (χ0) is 12.1. The van der Waals surface area contributed by atoms with Crippen molar-refractivity contribution >= 4 is 5.91 Å². The molecule has 1 atom stereocenters. The summed E-state index contributed by atoms with van der Waals surface area (Å²) < 4.78 is 0. The van der Waals surface area contributed by atoms with Crippen molar-refractivity contribution in [3.05, 3.63) is 34.9 Å². The Morgan fingerprint density at radius 3 is 2.44 bits per heavy atom. The maximum Gasteiger partial charge on any atom is 0.251 e. The second-order valence-electron chi connectivity index (χ2n) is 4.32. The number of nitrogens with one attached hydrogen (secondary N) is 1. The number of nitrogens with two attached hydrogens (primary N) is 1. The first-order chi connectivity index (χ1) is 7.56. The Bertz CT molecular complexity index is 354. The molecule has 1 aromatic rings. The van der Waals surface area contributed by atoms with Crippen LogP contribution in [0.25, 0.3) is 0 Å². The Balaban J connectivity index is 2.73. The van der Waals surface area contributed by atoms with Gasteiger partial charge in [0, 0.05) is 12.1 Å². The van der Waals surface area contributed by atoms with E-state index in [1.807, 2.05) is 39.0 Å². The van der Waals surface area contributed by atoms with Gasteiger partial charge in [0.15, 0.2) is 0 Å². The standard InChI is InChI=1S/C13H20N2O/c1-9(7-14)8-15-13(16)12-10(2)5-4-6-11(12)3/h4-6,9H,7-8,14H2,1-3H3,(H,15,16). The van der Waals surface area contributed by atoms with E-state index in [4.69, 9.17) is 5.73 Å². The topological polar surface area (TPSA) is 55.1 Å². The lowest BCUT2D eigenvalue weighted by molar-refractivity contribution is 0.0947. The minimum absolute atomic E-state index is 0.00380. The second-order valence-corrected chi connectivity index (χ2v) is 4.32. The molecular weight excluding hydrogens is 200 g/mol. The molecule has 1 aromatic carbocycles. The molecular formula is C13H20N2O. The summed E-state index contributed by atoms with van der Waals surface area (Å²) in [7, 11) is 0. The van der Waals surface area contributed by atoms with E-state index >= 15 is 0 Å². The second kappa shape index (κ2) is 5.66. The first-order valence-electron chi connectivity index (χ1n) is 5.60. The highest BCUT2D eigenvalue weighted by Gasteiger charge is 2.11. The van der Waals surface area contributed by atoms with Gasteiger partial charge in [0.05, 0.1) is 0 Å². The lowest BCUT2D eigenvalue weighted by Crippen LogP contribution is -2.32. The molecule has 3 N–H and O–H groups in total. The predicted molar refractivity (Wildman–Crippen MR) is 66.5 cm³/mol. The van der Waals surface area contributed by atoms with Gasteiger partial charge in [0.2, 0.25) is 0 Å². The number of aryl methyl sites for hydroxylation is 2. The fourth-order valence-electron chi connectivity index (χ4n) is 1.61. The summed E-state index contributed by atoms with van der Waals surface area (Å²) in [6, 6.07) is 5.87. The van der Waals surface area contributed by atoms with Crippen LogP contribution in [0, 0.1) is 19.8 Å². The summed E-state index contributed by atoms with van der Waals surface area (Å²) in [5.74, 6) is 0.309. The van der Waals surface area contributed by atoms with Gasteiger partial charge in [0.1, 0.15) is 0 Å². The maximum atomic E-state index is 12.0. The molecule has 16 heavy (non-hydrogen) atoms. The van der Waals surface area contributed by atoms with Crippen LogP contribution in [-0.2, 0) is 0 Å². The fourth-order valence-corrected chi connectivity index (χ4v) is 1.61. The Morgan fingerprint density at radius 1 is 1.38 bits per heavy atom. The number of carbonyl (C=O) groups excluding carboxylic acids is 1. The van der Waals surface area contributed by atoms with E-state index in [-0.39, 0.29) is 5.91 Å². The van der Waals surface area contributed by atoms with Crippen LogP contribution in [0.2, 0.25) is 0 Å². The number of hydrogen-bond donors (Lipinski definition) is 2. The van der Waals surface area contributed by atoms with Crippen molar-refractivity contribution in [2.75, 3.05) is 13.1 Å². The van der Waals surface area contributed by atoms with E-state index in [9.17, 15) is 4.79 Å². The highest BCUT2D eigenvalue weighted by Crippen LogP contribution is 2.12. The molecule has 0 spiro atoms. The van der Waals surface area contributed by atoms with Crippen molar-refractivity contribution in [2.45, 2.75) is 20.8 Å². The molecule has 0 aromatic heterocycles. The smallest absolute Gasteiger partial charge is 0.251 e. The van der Waals surface area contributed by atoms with Crippen molar-refractivity contribution in [3.8, 4) is 0 Å². The Kier molecular flexibility index (Phi) is 4.50. The van der Waals surface area contributed by atoms with Crippen molar-refractivity contribution in [1.29, 1.82) is 0 Å². The Hall–Kier alpha value is -1.35. The van der Waals surface area contributed by atoms with Crippen molar-refractivity contribution in [2.24, 2.45) is 11.7 Å². The van der Waals surface area contributed by atoms with Crippen molar-refractivity contribution in [1.82, 2.24) is 5.32 Å². The average molecular weight is 220 g/mol. The third-order valence-corrected chi connectivity index (χ3v) is 2.72. The summed E-state index contributed by atoms with van der Waals surface area (Å²) >= 11 is 0. The third kappa shape index (κ3) is 3.07. The van der Waals surface area contributed by atoms with E-state index < -0.39 is 0 Å². The summed E-state index contributed by atoms with van der Waals surface area (Å²) in [5.41, 5.74) is 8.31. The van der Waals surface area contributed by atoms with E-state index in [1.54, 1.807) is 0 Å². The number of amides is 1. The molecule has 0 aliphatic carbocycles. The zero-order valence-electron chi connectivity index (χ0n) is 10.2. The number of benzene rings is 1. The van der Waals surface area contributed by atoms with Gasteiger partial charge in [-0.15, -0.1) is 0 Å². The average Bonchev–Trinajstić information content (AvgIpc) is 2.25. The van der Waals surface area contributed by atoms with Crippen LogP contribution in [-0.4, -0.2) is 19.0 Å². The van der Waals surface area contributed by atoms with E-state index in [2.05, 4.69) is 5.32 Å². The summed E-state index contributed by atoms with van der Waals surface area (Å²) in [5, 5.41) is 2.91. The van der Waals surface area contributed by atoms with E-state index in [1.165, 1.54) is 0 Å². The molecule has 0 bridgehead atoms. The van der Waals surface area contributed by atoms with Crippen LogP contribution < -0.4 is 11.1 Å². The van der Waals surface area contributed by atoms with Gasteiger partial charge in [-0.3, -0.25) is 4.79 Å². The molecule has 88 valence electrons. The van der Waals surface area contributed by atoms with E-state index in [0.29, 0.717) is 19.0 Å². The van der Waals surface area contributed by atoms with Gasteiger partial charge in [-0.2, -0.15) is 0 Å². The lowest BCUT2D eigenvalue weighted by atomic mass is 10.0. The van der Waals surface area contributed by atoms with Crippen LogP contribution in [0.1, 0.15) is 28.4 Å². The molecule has 0 saturated carbocycles. The van der Waals surface area contributed by atoms with Gasteiger partial charge < -0.3 is 11.1 Å². The molecule has 1 amide bonds. The Labute approximate surface area is 97.0 Å². The highest BCUT2D eigenvalue weighted by molar-refractivity contribution is 5.97. The van der Waals surface area contributed by atoms with Crippen LogP contribution in [0.15, 0.2) is 18.2 Å². The van der Waals surface area contributed by atoms with Gasteiger partial charge in [0.25, 0.3) is 5.91 Å². The molecule has 0 saturated heterocycles. The van der Waals surface area contributed by atoms with Gasteiger partial charge in [-0.25, -0.2) is 0 Å². The minimum atomic E-state index is -0.00380. The highest BCUT2D eigenvalue weighted by atomic mass is 16.1. The predicted octanol–water partition coefficient (Wildman–Crippen LogP) is 1.63. The summed E-state index contributed by atoms with van der Waals surface area (Å²) in [4.78, 5) is 12.0. The number of hydrogen-bond acceptors (Lipinski definition) is 2. The molecule has 0 radical (unpaired) electrons. The first-order valence-corrected chi connectivity index (χ1v) is 5.60. The Morgan fingerprint density at radius 2 is 1.94 bits per heavy atom.